The third-order valence-corrected chi connectivity index (χ3v) is 7.95. The van der Waals surface area contributed by atoms with Crippen LogP contribution in [0.4, 0.5) is 34.9 Å². The molecule has 3 aromatic rings. The Hall–Kier alpha value is -4.04. The summed E-state index contributed by atoms with van der Waals surface area (Å²) >= 11 is 0. The summed E-state index contributed by atoms with van der Waals surface area (Å²) in [6, 6.07) is 3.42. The number of alkyl halides is 3. The number of carbonyl (C=O) groups excluding carboxylic acids is 1. The molecule has 230 valence electrons. The van der Waals surface area contributed by atoms with Crippen LogP contribution in [0.25, 0.3) is 11.1 Å². The van der Waals surface area contributed by atoms with Crippen molar-refractivity contribution in [3.63, 3.8) is 0 Å². The van der Waals surface area contributed by atoms with Gasteiger partial charge in [0, 0.05) is 74.0 Å². The lowest BCUT2D eigenvalue weighted by molar-refractivity contribution is -0.138. The van der Waals surface area contributed by atoms with Crippen LogP contribution in [0.3, 0.4) is 0 Å². The summed E-state index contributed by atoms with van der Waals surface area (Å²) in [5.41, 5.74) is -2.28. The van der Waals surface area contributed by atoms with E-state index in [9.17, 15) is 22.8 Å². The molecule has 10 nitrogen and oxygen atoms in total. The Bertz CT molecular complexity index is 1520. The number of pyridine rings is 1. The van der Waals surface area contributed by atoms with Crippen LogP contribution in [0.15, 0.2) is 41.6 Å². The van der Waals surface area contributed by atoms with Gasteiger partial charge in [0.05, 0.1) is 35.7 Å². The van der Waals surface area contributed by atoms with E-state index < -0.39 is 34.6 Å². The molecule has 2 fully saturated rings. The van der Waals surface area contributed by atoms with E-state index in [0.717, 1.165) is 12.6 Å². The summed E-state index contributed by atoms with van der Waals surface area (Å²) in [7, 11) is 2.00. The van der Waals surface area contributed by atoms with Gasteiger partial charge in [0.15, 0.2) is 0 Å². The van der Waals surface area contributed by atoms with Crippen molar-refractivity contribution in [3.8, 4) is 11.1 Å². The van der Waals surface area contributed by atoms with Crippen LogP contribution in [-0.4, -0.2) is 84.3 Å². The quantitative estimate of drug-likeness (QED) is 0.391. The first-order valence-corrected chi connectivity index (χ1v) is 14.0. The molecule has 1 aromatic carbocycles. The molecule has 2 aromatic heterocycles. The number of anilines is 3. The number of nitrogens with one attached hydrogen (secondary N) is 2. The fourth-order valence-corrected chi connectivity index (χ4v) is 5.33. The molecular weight excluding hydrogens is 570 g/mol. The zero-order valence-corrected chi connectivity index (χ0v) is 24.0. The Morgan fingerprint density at radius 2 is 1.81 bits per heavy atom. The highest BCUT2D eigenvalue weighted by Crippen LogP contribution is 2.37. The van der Waals surface area contributed by atoms with E-state index in [4.69, 9.17) is 4.74 Å². The number of rotatable bonds is 7. The van der Waals surface area contributed by atoms with Crippen molar-refractivity contribution < 1.29 is 27.1 Å². The Morgan fingerprint density at radius 3 is 2.47 bits per heavy atom. The van der Waals surface area contributed by atoms with Crippen molar-refractivity contribution in [2.24, 2.45) is 0 Å². The fourth-order valence-electron chi connectivity index (χ4n) is 5.33. The smallest absolute Gasteiger partial charge is 0.378 e. The normalized spacial score (nSPS) is 17.7. The van der Waals surface area contributed by atoms with Crippen LogP contribution in [0, 0.1) is 5.82 Å². The molecule has 0 bridgehead atoms. The minimum absolute atomic E-state index is 0.0696. The lowest BCUT2D eigenvalue weighted by atomic mass is 10.0. The Labute approximate surface area is 245 Å². The molecule has 5 rings (SSSR count). The number of hydrogen-bond donors (Lipinski definition) is 2. The molecule has 2 saturated heterocycles. The number of carbonyl (C=O) groups is 1. The number of ether oxygens (including phenoxy) is 1. The summed E-state index contributed by atoms with van der Waals surface area (Å²) in [5, 5.41) is 2.56. The minimum Gasteiger partial charge on any atom is -0.378 e. The maximum atomic E-state index is 15.7. The number of hydrogen-bond acceptors (Lipinski definition) is 8. The number of nitrogens with zero attached hydrogens (tertiary/aromatic N) is 5. The highest BCUT2D eigenvalue weighted by molar-refractivity contribution is 6.07. The third-order valence-electron chi connectivity index (χ3n) is 7.95. The number of likely N-dealkylation sites (N-methyl/N-ethyl adjacent to an activating group) is 1. The highest BCUT2D eigenvalue weighted by Gasteiger charge is 2.36. The molecule has 14 heteroatoms. The summed E-state index contributed by atoms with van der Waals surface area (Å²) < 4.78 is 62.2. The standard InChI is InChI=1S/C29H33F4N7O3/c1-17(2)38(3)19-4-5-40(16-19)25-12-23(30)20(18-13-35-28(36-14-18)39-6-8-43-9-7-39)10-24(25)37-27(42)21-15-34-26(41)11-22(21)29(31,32)33/h10-15,17,19H,4-9,16H2,1-3H3,(H,34,41)(H,37,42). The average molecular weight is 604 g/mol. The van der Waals surface area contributed by atoms with Gasteiger partial charge in [-0.15, -0.1) is 0 Å². The van der Waals surface area contributed by atoms with Crippen LogP contribution >= 0.6 is 0 Å². The Balaban J connectivity index is 1.52. The van der Waals surface area contributed by atoms with Gasteiger partial charge in [-0.3, -0.25) is 14.5 Å². The first-order valence-electron chi connectivity index (χ1n) is 14.0. The number of aromatic nitrogens is 3. The number of benzene rings is 1. The molecule has 4 heterocycles. The zero-order valence-electron chi connectivity index (χ0n) is 24.0. The summed E-state index contributed by atoms with van der Waals surface area (Å²) in [6.45, 7) is 7.53. The lowest BCUT2D eigenvalue weighted by Crippen LogP contribution is -2.39. The van der Waals surface area contributed by atoms with Gasteiger partial charge in [-0.05, 0) is 39.4 Å². The molecule has 1 unspecified atom stereocenters. The van der Waals surface area contributed by atoms with Crippen molar-refractivity contribution in [3.05, 3.63) is 64.1 Å². The summed E-state index contributed by atoms with van der Waals surface area (Å²) in [4.78, 5) is 41.9. The molecule has 1 atom stereocenters. The molecule has 43 heavy (non-hydrogen) atoms. The van der Waals surface area contributed by atoms with Crippen molar-refractivity contribution >= 4 is 23.2 Å². The van der Waals surface area contributed by atoms with E-state index in [-0.39, 0.29) is 23.3 Å². The fraction of sp³-hybridized carbons (Fsp3) is 0.448. The lowest BCUT2D eigenvalue weighted by Gasteiger charge is -2.29. The van der Waals surface area contributed by atoms with Crippen LogP contribution in [0.5, 0.6) is 0 Å². The summed E-state index contributed by atoms with van der Waals surface area (Å²) in [5.74, 6) is -1.24. The number of halogens is 4. The van der Waals surface area contributed by atoms with Gasteiger partial charge >= 0.3 is 6.18 Å². The molecule has 0 spiro atoms. The topological polar surface area (TPSA) is 107 Å². The van der Waals surface area contributed by atoms with Crippen molar-refractivity contribution in [1.29, 1.82) is 0 Å². The van der Waals surface area contributed by atoms with Gasteiger partial charge < -0.3 is 24.8 Å². The largest absolute Gasteiger partial charge is 0.417 e. The van der Waals surface area contributed by atoms with Crippen LogP contribution in [0.2, 0.25) is 0 Å². The van der Waals surface area contributed by atoms with Gasteiger partial charge in [0.1, 0.15) is 5.82 Å². The van der Waals surface area contributed by atoms with Gasteiger partial charge in [-0.2, -0.15) is 13.2 Å². The monoisotopic (exact) mass is 603 g/mol. The van der Waals surface area contributed by atoms with Gasteiger partial charge in [-0.1, -0.05) is 0 Å². The van der Waals surface area contributed by atoms with E-state index >= 15 is 4.39 Å². The second kappa shape index (κ2) is 12.3. The molecule has 1 amide bonds. The molecule has 2 aliphatic rings. The number of H-pyrrole nitrogens is 1. The second-order valence-corrected chi connectivity index (χ2v) is 10.9. The van der Waals surface area contributed by atoms with Gasteiger partial charge in [0.2, 0.25) is 11.5 Å². The van der Waals surface area contributed by atoms with Crippen molar-refractivity contribution in [2.75, 3.05) is 61.6 Å². The maximum absolute atomic E-state index is 15.7. The second-order valence-electron chi connectivity index (χ2n) is 10.9. The highest BCUT2D eigenvalue weighted by atomic mass is 19.4. The number of morpholine rings is 1. The van der Waals surface area contributed by atoms with E-state index in [1.807, 2.05) is 16.8 Å². The van der Waals surface area contributed by atoms with E-state index in [1.54, 1.807) is 0 Å². The van der Waals surface area contributed by atoms with Crippen LogP contribution in [-0.2, 0) is 10.9 Å². The van der Waals surface area contributed by atoms with E-state index in [0.29, 0.717) is 62.7 Å². The molecule has 0 saturated carbocycles. The minimum atomic E-state index is -4.94. The average Bonchev–Trinajstić information content (AvgIpc) is 3.47. The maximum Gasteiger partial charge on any atom is 0.417 e. The molecule has 0 radical (unpaired) electrons. The van der Waals surface area contributed by atoms with Crippen molar-refractivity contribution in [1.82, 2.24) is 19.9 Å². The van der Waals surface area contributed by atoms with E-state index in [1.165, 1.54) is 24.5 Å². The van der Waals surface area contributed by atoms with Crippen molar-refractivity contribution in [2.45, 2.75) is 38.5 Å². The zero-order chi connectivity index (χ0) is 30.9. The van der Waals surface area contributed by atoms with E-state index in [2.05, 4.69) is 39.0 Å². The molecule has 2 aliphatic heterocycles. The molecule has 0 aliphatic carbocycles. The van der Waals surface area contributed by atoms with Crippen LogP contribution in [0.1, 0.15) is 36.2 Å². The number of amides is 1. The third kappa shape index (κ3) is 6.64. The Morgan fingerprint density at radius 1 is 1.12 bits per heavy atom. The predicted molar refractivity (Wildman–Crippen MR) is 154 cm³/mol. The van der Waals surface area contributed by atoms with Crippen LogP contribution < -0.4 is 20.7 Å². The SMILES string of the molecule is CC(C)N(C)C1CCN(c2cc(F)c(-c3cnc(N4CCOCC4)nc3)cc2NC(=O)c2c[nH]c(=O)cc2C(F)(F)F)C1. The Kier molecular flexibility index (Phi) is 8.69. The predicted octanol–water partition coefficient (Wildman–Crippen LogP) is 4.00. The number of aromatic amines is 1. The molecular formula is C29H33F4N7O3. The summed E-state index contributed by atoms with van der Waals surface area (Å²) in [6.07, 6.45) is -0.503. The first kappa shape index (κ1) is 30.4. The first-order chi connectivity index (χ1) is 20.4. The van der Waals surface area contributed by atoms with Gasteiger partial charge in [0.25, 0.3) is 5.91 Å². The molecule has 2 N–H and O–H groups in total. The van der Waals surface area contributed by atoms with Gasteiger partial charge in [-0.25, -0.2) is 14.4 Å².